The van der Waals surface area contributed by atoms with Gasteiger partial charge in [-0.05, 0) is 36.6 Å². The Morgan fingerprint density at radius 1 is 0.846 bits per heavy atom. The van der Waals surface area contributed by atoms with Crippen LogP contribution in [-0.4, -0.2) is 13.7 Å². The average molecular weight is 356 g/mol. The molecule has 3 heteroatoms. The third kappa shape index (κ3) is 7.09. The highest BCUT2D eigenvalue weighted by molar-refractivity contribution is 5.43. The molecule has 0 fully saturated rings. The highest BCUT2D eigenvalue weighted by Gasteiger charge is 2.06. The highest BCUT2D eigenvalue weighted by atomic mass is 16.5. The van der Waals surface area contributed by atoms with E-state index < -0.39 is 0 Å². The zero-order chi connectivity index (χ0) is 18.6. The summed E-state index contributed by atoms with van der Waals surface area (Å²) in [4.78, 5) is 0. The van der Waals surface area contributed by atoms with Crippen LogP contribution in [0.15, 0.2) is 42.5 Å². The number of hydrogen-bond donors (Lipinski definition) is 1. The topological polar surface area (TPSA) is 30.5 Å². The molecule has 26 heavy (non-hydrogen) atoms. The molecule has 0 aliphatic rings. The van der Waals surface area contributed by atoms with Gasteiger partial charge in [0.2, 0.25) is 0 Å². The van der Waals surface area contributed by atoms with Gasteiger partial charge in [-0.15, -0.1) is 0 Å². The lowest BCUT2D eigenvalue weighted by atomic mass is 10.1. The van der Waals surface area contributed by atoms with Crippen LogP contribution in [0.1, 0.15) is 55.7 Å². The summed E-state index contributed by atoms with van der Waals surface area (Å²) in [5.74, 6) is 1.65. The van der Waals surface area contributed by atoms with Crippen molar-refractivity contribution < 1.29 is 9.47 Å². The first kappa shape index (κ1) is 20.3. The quantitative estimate of drug-likeness (QED) is 0.500. The van der Waals surface area contributed by atoms with Crippen LogP contribution in [0.5, 0.6) is 11.5 Å². The lowest BCUT2D eigenvalue weighted by Gasteiger charge is -2.13. The summed E-state index contributed by atoms with van der Waals surface area (Å²) in [5, 5.41) is 3.49. The molecule has 0 heterocycles. The Balaban J connectivity index is 1.79. The first-order chi connectivity index (χ1) is 12.7. The lowest BCUT2D eigenvalue weighted by Crippen LogP contribution is -2.13. The Hall–Kier alpha value is -2.00. The summed E-state index contributed by atoms with van der Waals surface area (Å²) >= 11 is 0. The van der Waals surface area contributed by atoms with E-state index in [9.17, 15) is 0 Å². The summed E-state index contributed by atoms with van der Waals surface area (Å²) in [7, 11) is 1.70. The molecule has 0 bridgehead atoms. The number of ether oxygens (including phenoxy) is 2. The average Bonchev–Trinajstić information content (AvgIpc) is 2.65. The molecule has 142 valence electrons. The van der Waals surface area contributed by atoms with Crippen molar-refractivity contribution in [2.45, 2.75) is 59.0 Å². The van der Waals surface area contributed by atoms with Crippen LogP contribution >= 0.6 is 0 Å². The van der Waals surface area contributed by atoms with Crippen molar-refractivity contribution >= 4 is 0 Å². The molecule has 0 aliphatic heterocycles. The number of nitrogens with one attached hydrogen (secondary N) is 1. The maximum Gasteiger partial charge on any atom is 0.161 e. The summed E-state index contributed by atoms with van der Waals surface area (Å²) in [6.45, 7) is 6.78. The van der Waals surface area contributed by atoms with Gasteiger partial charge >= 0.3 is 0 Å². The van der Waals surface area contributed by atoms with E-state index in [1.807, 2.05) is 6.07 Å². The minimum Gasteiger partial charge on any atom is -0.493 e. The monoisotopic (exact) mass is 355 g/mol. The minimum atomic E-state index is 0.755. The van der Waals surface area contributed by atoms with E-state index in [1.54, 1.807) is 7.11 Å². The summed E-state index contributed by atoms with van der Waals surface area (Å²) < 4.78 is 11.4. The van der Waals surface area contributed by atoms with Crippen molar-refractivity contribution in [3.05, 3.63) is 59.2 Å². The normalized spacial score (nSPS) is 10.7. The van der Waals surface area contributed by atoms with Crippen LogP contribution in [0.25, 0.3) is 0 Å². The van der Waals surface area contributed by atoms with Gasteiger partial charge in [-0.3, -0.25) is 0 Å². The SMILES string of the molecule is CCCCCCCOc1ccc(CNCc2cccc(C)c2)cc1OC. The molecular formula is C23H33NO2. The van der Waals surface area contributed by atoms with Gasteiger partial charge in [-0.25, -0.2) is 0 Å². The van der Waals surface area contributed by atoms with E-state index in [-0.39, 0.29) is 0 Å². The summed E-state index contributed by atoms with van der Waals surface area (Å²) in [6, 6.07) is 14.8. The van der Waals surface area contributed by atoms with Crippen LogP contribution < -0.4 is 14.8 Å². The Labute approximate surface area is 158 Å². The van der Waals surface area contributed by atoms with E-state index in [2.05, 4.69) is 55.6 Å². The Morgan fingerprint density at radius 2 is 1.62 bits per heavy atom. The van der Waals surface area contributed by atoms with E-state index in [4.69, 9.17) is 9.47 Å². The van der Waals surface area contributed by atoms with Gasteiger partial charge in [0.25, 0.3) is 0 Å². The fourth-order valence-electron chi connectivity index (χ4n) is 3.00. The van der Waals surface area contributed by atoms with Crippen molar-refractivity contribution in [3.63, 3.8) is 0 Å². The zero-order valence-electron chi connectivity index (χ0n) is 16.5. The van der Waals surface area contributed by atoms with Crippen molar-refractivity contribution in [1.82, 2.24) is 5.32 Å². The van der Waals surface area contributed by atoms with Gasteiger partial charge in [0, 0.05) is 13.1 Å². The molecule has 0 saturated carbocycles. The van der Waals surface area contributed by atoms with Gasteiger partial charge in [-0.1, -0.05) is 68.5 Å². The molecule has 0 atom stereocenters. The zero-order valence-corrected chi connectivity index (χ0v) is 16.5. The largest absolute Gasteiger partial charge is 0.493 e. The lowest BCUT2D eigenvalue weighted by molar-refractivity contribution is 0.284. The maximum absolute atomic E-state index is 5.90. The molecule has 0 saturated heterocycles. The molecule has 1 N–H and O–H groups in total. The Bertz CT molecular complexity index is 654. The third-order valence-electron chi connectivity index (χ3n) is 4.47. The Kier molecular flexibility index (Phi) is 9.05. The second-order valence-electron chi connectivity index (χ2n) is 6.84. The molecule has 2 aromatic rings. The number of aryl methyl sites for hydroxylation is 1. The molecule has 0 spiro atoms. The van der Waals surface area contributed by atoms with Crippen LogP contribution in [0.2, 0.25) is 0 Å². The highest BCUT2D eigenvalue weighted by Crippen LogP contribution is 2.28. The summed E-state index contributed by atoms with van der Waals surface area (Å²) in [6.07, 6.45) is 6.21. The van der Waals surface area contributed by atoms with E-state index in [0.717, 1.165) is 37.6 Å². The van der Waals surface area contributed by atoms with E-state index >= 15 is 0 Å². The Morgan fingerprint density at radius 3 is 2.35 bits per heavy atom. The van der Waals surface area contributed by atoms with Crippen LogP contribution in [0.4, 0.5) is 0 Å². The van der Waals surface area contributed by atoms with Crippen molar-refractivity contribution in [1.29, 1.82) is 0 Å². The van der Waals surface area contributed by atoms with E-state index in [0.29, 0.717) is 0 Å². The van der Waals surface area contributed by atoms with Crippen LogP contribution in [0.3, 0.4) is 0 Å². The molecule has 0 aromatic heterocycles. The van der Waals surface area contributed by atoms with E-state index in [1.165, 1.54) is 42.4 Å². The molecular weight excluding hydrogens is 322 g/mol. The second kappa shape index (κ2) is 11.6. The molecule has 0 amide bonds. The van der Waals surface area contributed by atoms with Gasteiger partial charge in [0.05, 0.1) is 13.7 Å². The fourth-order valence-corrected chi connectivity index (χ4v) is 3.00. The predicted octanol–water partition coefficient (Wildman–Crippen LogP) is 5.64. The maximum atomic E-state index is 5.90. The molecule has 0 aliphatic carbocycles. The number of hydrogen-bond acceptors (Lipinski definition) is 3. The third-order valence-corrected chi connectivity index (χ3v) is 4.47. The standard InChI is InChI=1S/C23H33NO2/c1-4-5-6-7-8-14-26-22-13-12-21(16-23(22)25-3)18-24-17-20-11-9-10-19(2)15-20/h9-13,15-16,24H,4-8,14,17-18H2,1-3H3. The van der Waals surface area contributed by atoms with Gasteiger partial charge in [0.1, 0.15) is 0 Å². The molecule has 0 radical (unpaired) electrons. The molecule has 3 nitrogen and oxygen atoms in total. The van der Waals surface area contributed by atoms with Gasteiger partial charge in [0.15, 0.2) is 11.5 Å². The van der Waals surface area contributed by atoms with Crippen molar-refractivity contribution in [2.24, 2.45) is 0 Å². The van der Waals surface area contributed by atoms with Crippen molar-refractivity contribution in [3.8, 4) is 11.5 Å². The first-order valence-electron chi connectivity index (χ1n) is 9.79. The predicted molar refractivity (Wildman–Crippen MR) is 109 cm³/mol. The summed E-state index contributed by atoms with van der Waals surface area (Å²) in [5.41, 5.74) is 3.80. The number of benzene rings is 2. The smallest absolute Gasteiger partial charge is 0.161 e. The molecule has 2 rings (SSSR count). The van der Waals surface area contributed by atoms with Crippen LogP contribution in [-0.2, 0) is 13.1 Å². The minimum absolute atomic E-state index is 0.755. The second-order valence-corrected chi connectivity index (χ2v) is 6.84. The number of rotatable bonds is 12. The molecule has 0 unspecified atom stereocenters. The molecule has 2 aromatic carbocycles. The fraction of sp³-hybridized carbons (Fsp3) is 0.478. The van der Waals surface area contributed by atoms with Crippen molar-refractivity contribution in [2.75, 3.05) is 13.7 Å². The number of methoxy groups -OCH3 is 1. The first-order valence-corrected chi connectivity index (χ1v) is 9.79. The van der Waals surface area contributed by atoms with Crippen LogP contribution in [0, 0.1) is 6.92 Å². The van der Waals surface area contributed by atoms with Gasteiger partial charge < -0.3 is 14.8 Å². The number of unbranched alkanes of at least 4 members (excludes halogenated alkanes) is 4. The van der Waals surface area contributed by atoms with Gasteiger partial charge in [-0.2, -0.15) is 0 Å².